The molecule has 0 bridgehead atoms. The Hall–Kier alpha value is -2.24. The second kappa shape index (κ2) is 9.80. The molecule has 0 heterocycles. The number of nitrogens with zero attached hydrogens (tertiary/aromatic N) is 1. The van der Waals surface area contributed by atoms with Crippen LogP contribution in [0.4, 0.5) is 0 Å². The summed E-state index contributed by atoms with van der Waals surface area (Å²) in [5.74, 6) is 0.932. The number of rotatable bonds is 9. The van der Waals surface area contributed by atoms with Crippen LogP contribution in [-0.2, 0) is 6.61 Å². The van der Waals surface area contributed by atoms with Crippen molar-refractivity contribution in [3.05, 3.63) is 58.6 Å². The molecule has 0 aliphatic carbocycles. The molecule has 0 saturated heterocycles. The van der Waals surface area contributed by atoms with Crippen LogP contribution in [0.25, 0.3) is 0 Å². The zero-order valence-electron chi connectivity index (χ0n) is 17.2. The van der Waals surface area contributed by atoms with Gasteiger partial charge in [0.05, 0.1) is 7.11 Å². The Bertz CT molecular complexity index is 806. The number of methoxy groups -OCH3 is 1. The Morgan fingerprint density at radius 3 is 2.50 bits per heavy atom. The van der Waals surface area contributed by atoms with Crippen molar-refractivity contribution < 1.29 is 14.3 Å². The number of amides is 1. The molecular formula is C22H29ClN2O3. The van der Waals surface area contributed by atoms with Crippen LogP contribution in [-0.4, -0.2) is 45.1 Å². The van der Waals surface area contributed by atoms with Gasteiger partial charge in [0.15, 0.2) is 11.5 Å². The minimum absolute atomic E-state index is 0.0265. The van der Waals surface area contributed by atoms with Gasteiger partial charge in [0.1, 0.15) is 6.61 Å². The number of hydrogen-bond acceptors (Lipinski definition) is 4. The molecule has 0 spiro atoms. The minimum atomic E-state index is -0.136. The second-order valence-corrected chi connectivity index (χ2v) is 8.24. The average Bonchev–Trinajstić information content (AvgIpc) is 2.64. The summed E-state index contributed by atoms with van der Waals surface area (Å²) in [6.45, 7) is 6.03. The lowest BCUT2D eigenvalue weighted by Gasteiger charge is -2.28. The first-order valence-corrected chi connectivity index (χ1v) is 9.57. The molecule has 5 nitrogen and oxygen atoms in total. The summed E-state index contributed by atoms with van der Waals surface area (Å²) in [6.07, 6.45) is 0. The Labute approximate surface area is 172 Å². The molecule has 28 heavy (non-hydrogen) atoms. The zero-order chi connectivity index (χ0) is 20.7. The Balaban J connectivity index is 2.03. The molecule has 0 saturated carbocycles. The molecule has 2 aromatic carbocycles. The molecular weight excluding hydrogens is 376 g/mol. The van der Waals surface area contributed by atoms with Gasteiger partial charge < -0.3 is 19.7 Å². The fraction of sp³-hybridized carbons (Fsp3) is 0.409. The van der Waals surface area contributed by atoms with Gasteiger partial charge >= 0.3 is 0 Å². The van der Waals surface area contributed by atoms with Gasteiger partial charge in [0.25, 0.3) is 5.91 Å². The van der Waals surface area contributed by atoms with Crippen LogP contribution in [0.3, 0.4) is 0 Å². The van der Waals surface area contributed by atoms with Crippen molar-refractivity contribution in [2.45, 2.75) is 20.5 Å². The Morgan fingerprint density at radius 1 is 1.14 bits per heavy atom. The van der Waals surface area contributed by atoms with Crippen LogP contribution in [0.5, 0.6) is 11.5 Å². The molecule has 0 fully saturated rings. The van der Waals surface area contributed by atoms with Gasteiger partial charge in [-0.1, -0.05) is 43.6 Å². The monoisotopic (exact) mass is 404 g/mol. The standard InChI is InChI=1S/C22H29ClN2O3/c1-22(2,15-25(3)4)14-24-21(26)16-10-11-19(20(12-16)27-5)28-13-17-8-6-7-9-18(17)23/h6-12H,13-15H2,1-5H3,(H,24,26). The van der Waals surface area contributed by atoms with E-state index in [-0.39, 0.29) is 11.3 Å². The van der Waals surface area contributed by atoms with Gasteiger partial charge in [-0.15, -0.1) is 0 Å². The number of benzene rings is 2. The quantitative estimate of drug-likeness (QED) is 0.679. The molecule has 0 radical (unpaired) electrons. The van der Waals surface area contributed by atoms with Crippen LogP contribution >= 0.6 is 11.6 Å². The van der Waals surface area contributed by atoms with Crippen molar-refractivity contribution in [2.75, 3.05) is 34.3 Å². The summed E-state index contributed by atoms with van der Waals surface area (Å²) in [7, 11) is 5.60. The van der Waals surface area contributed by atoms with E-state index < -0.39 is 0 Å². The van der Waals surface area contributed by atoms with Crippen molar-refractivity contribution in [1.82, 2.24) is 10.2 Å². The first-order chi connectivity index (χ1) is 13.2. The van der Waals surface area contributed by atoms with Crippen molar-refractivity contribution in [3.8, 4) is 11.5 Å². The predicted molar refractivity (Wildman–Crippen MR) is 113 cm³/mol. The Morgan fingerprint density at radius 2 is 1.86 bits per heavy atom. The highest BCUT2D eigenvalue weighted by molar-refractivity contribution is 6.31. The third-order valence-electron chi connectivity index (χ3n) is 4.24. The number of hydrogen-bond donors (Lipinski definition) is 1. The number of nitrogens with one attached hydrogen (secondary N) is 1. The van der Waals surface area contributed by atoms with E-state index in [2.05, 4.69) is 24.1 Å². The summed E-state index contributed by atoms with van der Waals surface area (Å²) < 4.78 is 11.2. The van der Waals surface area contributed by atoms with Crippen LogP contribution in [0.1, 0.15) is 29.8 Å². The topological polar surface area (TPSA) is 50.8 Å². The van der Waals surface area contributed by atoms with Gasteiger partial charge in [-0.05, 0) is 43.8 Å². The van der Waals surface area contributed by atoms with Gasteiger partial charge in [-0.3, -0.25) is 4.79 Å². The van der Waals surface area contributed by atoms with E-state index in [9.17, 15) is 4.79 Å². The molecule has 6 heteroatoms. The van der Waals surface area contributed by atoms with E-state index in [1.807, 2.05) is 38.4 Å². The maximum absolute atomic E-state index is 12.5. The van der Waals surface area contributed by atoms with Crippen LogP contribution < -0.4 is 14.8 Å². The largest absolute Gasteiger partial charge is 0.493 e. The molecule has 2 rings (SSSR count). The van der Waals surface area contributed by atoms with E-state index in [0.717, 1.165) is 12.1 Å². The minimum Gasteiger partial charge on any atom is -0.493 e. The highest BCUT2D eigenvalue weighted by atomic mass is 35.5. The van der Waals surface area contributed by atoms with Crippen molar-refractivity contribution in [3.63, 3.8) is 0 Å². The summed E-state index contributed by atoms with van der Waals surface area (Å²) in [6, 6.07) is 12.7. The normalized spacial score (nSPS) is 11.4. The molecule has 2 aromatic rings. The number of carbonyl (C=O) groups excluding carboxylic acids is 1. The average molecular weight is 405 g/mol. The molecule has 1 N–H and O–H groups in total. The molecule has 0 aliphatic heterocycles. The third kappa shape index (κ3) is 6.43. The summed E-state index contributed by atoms with van der Waals surface area (Å²) in [4.78, 5) is 14.7. The first kappa shape index (κ1) is 22.1. The summed E-state index contributed by atoms with van der Waals surface area (Å²) in [5, 5.41) is 3.65. The van der Waals surface area contributed by atoms with Gasteiger partial charge in [-0.2, -0.15) is 0 Å². The highest BCUT2D eigenvalue weighted by Gasteiger charge is 2.20. The lowest BCUT2D eigenvalue weighted by atomic mass is 9.93. The molecule has 0 aliphatic rings. The lowest BCUT2D eigenvalue weighted by molar-refractivity contribution is 0.0929. The number of halogens is 1. The predicted octanol–water partition coefficient (Wildman–Crippen LogP) is 4.25. The third-order valence-corrected chi connectivity index (χ3v) is 4.61. The van der Waals surface area contributed by atoms with E-state index in [4.69, 9.17) is 21.1 Å². The van der Waals surface area contributed by atoms with Gasteiger partial charge in [0.2, 0.25) is 0 Å². The number of ether oxygens (including phenoxy) is 2. The zero-order valence-corrected chi connectivity index (χ0v) is 18.0. The Kier molecular flexibility index (Phi) is 7.72. The van der Waals surface area contributed by atoms with Crippen molar-refractivity contribution in [1.29, 1.82) is 0 Å². The van der Waals surface area contributed by atoms with E-state index in [0.29, 0.717) is 35.2 Å². The lowest BCUT2D eigenvalue weighted by Crippen LogP contribution is -2.39. The van der Waals surface area contributed by atoms with Gasteiger partial charge in [0, 0.05) is 29.2 Å². The van der Waals surface area contributed by atoms with Gasteiger partial charge in [-0.25, -0.2) is 0 Å². The SMILES string of the molecule is COc1cc(C(=O)NCC(C)(C)CN(C)C)ccc1OCc1ccccc1Cl. The fourth-order valence-electron chi connectivity index (χ4n) is 3.03. The van der Waals surface area contributed by atoms with E-state index >= 15 is 0 Å². The van der Waals surface area contributed by atoms with Crippen molar-refractivity contribution >= 4 is 17.5 Å². The van der Waals surface area contributed by atoms with Crippen LogP contribution in [0.15, 0.2) is 42.5 Å². The van der Waals surface area contributed by atoms with E-state index in [1.54, 1.807) is 25.3 Å². The molecule has 1 amide bonds. The van der Waals surface area contributed by atoms with Crippen LogP contribution in [0.2, 0.25) is 5.02 Å². The fourth-order valence-corrected chi connectivity index (χ4v) is 3.22. The van der Waals surface area contributed by atoms with Crippen LogP contribution in [0, 0.1) is 5.41 Å². The first-order valence-electron chi connectivity index (χ1n) is 9.19. The molecule has 152 valence electrons. The number of carbonyl (C=O) groups is 1. The maximum atomic E-state index is 12.5. The highest BCUT2D eigenvalue weighted by Crippen LogP contribution is 2.29. The molecule has 0 unspecified atom stereocenters. The summed E-state index contributed by atoms with van der Waals surface area (Å²) >= 11 is 6.17. The van der Waals surface area contributed by atoms with Crippen molar-refractivity contribution in [2.24, 2.45) is 5.41 Å². The smallest absolute Gasteiger partial charge is 0.251 e. The molecule has 0 aromatic heterocycles. The summed E-state index contributed by atoms with van der Waals surface area (Å²) in [5.41, 5.74) is 1.39. The maximum Gasteiger partial charge on any atom is 0.251 e. The van der Waals surface area contributed by atoms with E-state index in [1.165, 1.54) is 0 Å². The second-order valence-electron chi connectivity index (χ2n) is 7.83. The molecule has 0 atom stereocenters.